The van der Waals surface area contributed by atoms with Crippen molar-refractivity contribution in [3.05, 3.63) is 95.7 Å². The molecule has 15 heteroatoms. The summed E-state index contributed by atoms with van der Waals surface area (Å²) in [6.07, 6.45) is -4.17. The van der Waals surface area contributed by atoms with Crippen LogP contribution in [0.3, 0.4) is 0 Å². The topological polar surface area (TPSA) is 94.0 Å². The van der Waals surface area contributed by atoms with Crippen LogP contribution in [0, 0.1) is 24.7 Å². The predicted molar refractivity (Wildman–Crippen MR) is 145 cm³/mol. The summed E-state index contributed by atoms with van der Waals surface area (Å²) in [5.41, 5.74) is -0.746. The van der Waals surface area contributed by atoms with Gasteiger partial charge in [-0.3, -0.25) is 4.79 Å². The van der Waals surface area contributed by atoms with Gasteiger partial charge in [-0.25, -0.2) is 24.9 Å². The maximum atomic E-state index is 13.7. The highest BCUT2D eigenvalue weighted by atomic mass is 19.4. The molecule has 1 saturated carbocycles. The number of piperidine rings is 1. The fraction of sp³-hybridized carbons (Fsp3) is 0.333. The number of hydrogen-bond acceptors (Lipinski definition) is 7. The second-order valence-corrected chi connectivity index (χ2v) is 10.5. The lowest BCUT2D eigenvalue weighted by Gasteiger charge is -2.35. The molecular formula is C30H25F7N6O2. The van der Waals surface area contributed by atoms with Gasteiger partial charge in [0.05, 0.1) is 11.6 Å². The van der Waals surface area contributed by atoms with Gasteiger partial charge >= 0.3 is 12.4 Å². The molecule has 4 aromatic rings. The maximum Gasteiger partial charge on any atom is 0.433 e. The maximum absolute atomic E-state index is 13.7. The molecule has 2 aliphatic rings. The molecule has 6 rings (SSSR count). The molecule has 1 aliphatic carbocycles. The number of hydrogen-bond donors (Lipinski definition) is 0. The fourth-order valence-electron chi connectivity index (χ4n) is 4.98. The first kappa shape index (κ1) is 31.7. The van der Waals surface area contributed by atoms with Crippen LogP contribution in [0.2, 0.25) is 0 Å². The summed E-state index contributed by atoms with van der Waals surface area (Å²) in [5, 5.41) is 0. The Balaban J connectivity index is 0.000000309. The molecule has 1 amide bonds. The van der Waals surface area contributed by atoms with Crippen molar-refractivity contribution in [2.45, 2.75) is 38.2 Å². The summed E-state index contributed by atoms with van der Waals surface area (Å²) in [6.45, 7) is 2.41. The number of rotatable bonds is 5. The van der Waals surface area contributed by atoms with Gasteiger partial charge in [-0.15, -0.1) is 0 Å². The monoisotopic (exact) mass is 634 g/mol. The van der Waals surface area contributed by atoms with Crippen LogP contribution in [0.5, 0.6) is 5.88 Å². The number of fused-ring (bicyclic) bond motifs is 1. The summed E-state index contributed by atoms with van der Waals surface area (Å²) < 4.78 is 91.9. The quantitative estimate of drug-likeness (QED) is 0.185. The number of alkyl halides is 6. The molecule has 0 N–H and O–H groups in total. The minimum Gasteiger partial charge on any atom is -0.475 e. The molecule has 8 nitrogen and oxygen atoms in total. The second kappa shape index (κ2) is 12.7. The first-order valence-corrected chi connectivity index (χ1v) is 13.7. The van der Waals surface area contributed by atoms with Crippen molar-refractivity contribution in [3.8, 4) is 17.3 Å². The van der Waals surface area contributed by atoms with E-state index in [2.05, 4.69) is 24.9 Å². The molecule has 3 atom stereocenters. The zero-order valence-corrected chi connectivity index (χ0v) is 23.6. The minimum atomic E-state index is -4.57. The molecule has 45 heavy (non-hydrogen) atoms. The molecule has 0 radical (unpaired) electrons. The van der Waals surface area contributed by atoms with Gasteiger partial charge in [-0.05, 0) is 68.0 Å². The summed E-state index contributed by atoms with van der Waals surface area (Å²) in [6, 6.07) is 11.0. The predicted octanol–water partition coefficient (Wildman–Crippen LogP) is 6.43. The van der Waals surface area contributed by atoms with Crippen LogP contribution in [0.15, 0.2) is 67.0 Å². The van der Waals surface area contributed by atoms with Crippen LogP contribution >= 0.6 is 0 Å². The van der Waals surface area contributed by atoms with Gasteiger partial charge in [0.1, 0.15) is 23.7 Å². The highest BCUT2D eigenvalue weighted by Crippen LogP contribution is 2.47. The smallest absolute Gasteiger partial charge is 0.433 e. The Labute approximate surface area is 252 Å². The first-order chi connectivity index (χ1) is 21.3. The molecule has 2 fully saturated rings. The number of aryl methyl sites for hydroxylation is 1. The van der Waals surface area contributed by atoms with Crippen molar-refractivity contribution >= 4 is 5.91 Å². The molecule has 5 heterocycles. The highest BCUT2D eigenvalue weighted by Gasteiger charge is 2.48. The lowest BCUT2D eigenvalue weighted by Crippen LogP contribution is -2.48. The summed E-state index contributed by atoms with van der Waals surface area (Å²) >= 11 is 0. The minimum absolute atomic E-state index is 0.0479. The third-order valence-corrected chi connectivity index (χ3v) is 7.26. The fourth-order valence-corrected chi connectivity index (χ4v) is 4.98. The molecule has 0 bridgehead atoms. The second-order valence-electron chi connectivity index (χ2n) is 10.5. The Kier molecular flexibility index (Phi) is 8.98. The third-order valence-electron chi connectivity index (χ3n) is 7.26. The van der Waals surface area contributed by atoms with Gasteiger partial charge in [0, 0.05) is 30.7 Å². The van der Waals surface area contributed by atoms with Gasteiger partial charge in [-0.2, -0.15) is 30.7 Å². The van der Waals surface area contributed by atoms with Crippen molar-refractivity contribution in [2.24, 2.45) is 11.8 Å². The van der Waals surface area contributed by atoms with Crippen LogP contribution in [0.4, 0.5) is 30.7 Å². The number of nitrogens with zero attached hydrogens (tertiary/aromatic N) is 6. The number of aromatic nitrogens is 5. The molecular weight excluding hydrogens is 609 g/mol. The first-order valence-electron chi connectivity index (χ1n) is 13.7. The van der Waals surface area contributed by atoms with Crippen LogP contribution in [-0.2, 0) is 12.4 Å². The zero-order chi connectivity index (χ0) is 32.4. The molecule has 0 aromatic carbocycles. The van der Waals surface area contributed by atoms with Crippen molar-refractivity contribution in [1.82, 2.24) is 29.8 Å². The lowest BCUT2D eigenvalue weighted by atomic mass is 10.0. The van der Waals surface area contributed by atoms with E-state index in [1.807, 2.05) is 0 Å². The molecule has 236 valence electrons. The number of ether oxygens (including phenoxy) is 1. The molecule has 1 aliphatic heterocycles. The standard InChI is InChI=1S/C24H22F3N5O2.C6H3F4N/c1-14-6-7-18(22-28-8-3-9-29-22)21(30-14)23(33)32-12-16-10-15(16)11-17(32)13-34-20-5-2-4-19(31-20)24(25,26)27;7-5-3-1-2-4(11-5)6(8,9)10/h2-9,15-17H,10-13H2,1H3;1-3H/t15-,16+,17+;/m1./s1. The lowest BCUT2D eigenvalue weighted by molar-refractivity contribution is -0.142. The van der Waals surface area contributed by atoms with Crippen molar-refractivity contribution in [1.29, 1.82) is 0 Å². The van der Waals surface area contributed by atoms with Gasteiger partial charge < -0.3 is 9.64 Å². The zero-order valence-electron chi connectivity index (χ0n) is 23.6. The van der Waals surface area contributed by atoms with E-state index < -0.39 is 29.7 Å². The number of halogens is 7. The van der Waals surface area contributed by atoms with Gasteiger partial charge in [0.15, 0.2) is 5.82 Å². The normalized spacial score (nSPS) is 19.2. The summed E-state index contributed by atoms with van der Waals surface area (Å²) in [4.78, 5) is 34.7. The number of amides is 1. The molecule has 0 spiro atoms. The van der Waals surface area contributed by atoms with E-state index in [-0.39, 0.29) is 30.1 Å². The van der Waals surface area contributed by atoms with E-state index >= 15 is 0 Å². The Bertz CT molecular complexity index is 1650. The van der Waals surface area contributed by atoms with Crippen LogP contribution in [0.25, 0.3) is 11.4 Å². The third kappa shape index (κ3) is 7.88. The number of pyridine rings is 3. The number of carbonyl (C=O) groups is 1. The van der Waals surface area contributed by atoms with E-state index in [4.69, 9.17) is 4.74 Å². The van der Waals surface area contributed by atoms with Crippen molar-refractivity contribution in [2.75, 3.05) is 13.2 Å². The average Bonchev–Trinajstić information content (AvgIpc) is 3.78. The number of carbonyl (C=O) groups excluding carboxylic acids is 1. The Hall–Kier alpha value is -4.69. The summed E-state index contributed by atoms with van der Waals surface area (Å²) in [7, 11) is 0. The van der Waals surface area contributed by atoms with Crippen LogP contribution < -0.4 is 4.74 Å². The molecule has 0 unspecified atom stereocenters. The van der Waals surface area contributed by atoms with Gasteiger partial charge in [-0.1, -0.05) is 12.1 Å². The van der Waals surface area contributed by atoms with E-state index in [1.54, 1.807) is 42.4 Å². The largest absolute Gasteiger partial charge is 0.475 e. The number of likely N-dealkylation sites (tertiary alicyclic amines) is 1. The Morgan fingerprint density at radius 2 is 1.51 bits per heavy atom. The van der Waals surface area contributed by atoms with E-state index in [0.29, 0.717) is 41.5 Å². The van der Waals surface area contributed by atoms with Crippen molar-refractivity contribution < 1.29 is 40.3 Å². The molecule has 4 aromatic heterocycles. The van der Waals surface area contributed by atoms with E-state index in [0.717, 1.165) is 31.0 Å². The SMILES string of the molecule is Cc1ccc(-c2ncccn2)c(C(=O)N2C[C@@H]3C[C@@H]3C[C@H]2COc2cccc(C(F)(F)F)n2)n1.Fc1cccc(C(F)(F)F)n1. The highest BCUT2D eigenvalue weighted by molar-refractivity contribution is 5.98. The van der Waals surface area contributed by atoms with E-state index in [1.165, 1.54) is 12.1 Å². The average molecular weight is 635 g/mol. The van der Waals surface area contributed by atoms with Gasteiger partial charge in [0.25, 0.3) is 5.91 Å². The van der Waals surface area contributed by atoms with Gasteiger partial charge in [0.2, 0.25) is 11.8 Å². The molecule has 1 saturated heterocycles. The Morgan fingerprint density at radius 3 is 2.16 bits per heavy atom. The Morgan fingerprint density at radius 1 is 0.844 bits per heavy atom. The van der Waals surface area contributed by atoms with Crippen LogP contribution in [0.1, 0.15) is 40.4 Å². The van der Waals surface area contributed by atoms with Crippen molar-refractivity contribution in [3.63, 3.8) is 0 Å². The van der Waals surface area contributed by atoms with Crippen LogP contribution in [-0.4, -0.2) is 54.9 Å². The summed E-state index contributed by atoms with van der Waals surface area (Å²) in [5.74, 6) is -0.183. The van der Waals surface area contributed by atoms with E-state index in [9.17, 15) is 35.5 Å².